The number of hydrogen-bond acceptors (Lipinski definition) is 6. The van der Waals surface area contributed by atoms with Crippen LogP contribution in [0, 0.1) is 11.3 Å². The molecule has 0 unspecified atom stereocenters. The minimum absolute atomic E-state index is 0.385. The smallest absolute Gasteiger partial charge is 0.177 e. The number of halogens is 1. The van der Waals surface area contributed by atoms with Gasteiger partial charge in [0.15, 0.2) is 5.65 Å². The maximum Gasteiger partial charge on any atom is 0.177 e. The molecule has 1 fully saturated rings. The van der Waals surface area contributed by atoms with E-state index in [9.17, 15) is 9.81 Å². The third kappa shape index (κ3) is 3.95. The number of nitrogens with one attached hydrogen (secondary N) is 2. The Balaban J connectivity index is 1.70. The summed E-state index contributed by atoms with van der Waals surface area (Å²) in [5.41, 5.74) is 2.50. The van der Waals surface area contributed by atoms with Crippen molar-refractivity contribution in [2.75, 3.05) is 16.9 Å². The molecular formula is C18H17ClN6OS. The van der Waals surface area contributed by atoms with Crippen LogP contribution in [-0.2, 0) is 16.9 Å². The molecule has 1 aliphatic rings. The molecule has 2 heterocycles. The maximum absolute atomic E-state index is 11.5. The van der Waals surface area contributed by atoms with Gasteiger partial charge in [-0.15, -0.1) is 0 Å². The lowest BCUT2D eigenvalue weighted by Gasteiger charge is -2.13. The highest BCUT2D eigenvalue weighted by atomic mass is 35.5. The summed E-state index contributed by atoms with van der Waals surface area (Å²) in [6.45, 7) is 0. The van der Waals surface area contributed by atoms with Gasteiger partial charge in [0, 0.05) is 28.4 Å². The van der Waals surface area contributed by atoms with Crippen molar-refractivity contribution in [3.63, 3.8) is 0 Å². The fourth-order valence-corrected chi connectivity index (χ4v) is 3.72. The Morgan fingerprint density at radius 1 is 1.41 bits per heavy atom. The number of aromatic nitrogens is 3. The zero-order chi connectivity index (χ0) is 19.0. The molecule has 27 heavy (non-hydrogen) atoms. The van der Waals surface area contributed by atoms with Gasteiger partial charge >= 0.3 is 0 Å². The van der Waals surface area contributed by atoms with Crippen LogP contribution in [0.3, 0.4) is 0 Å². The molecule has 0 bridgehead atoms. The second-order valence-corrected chi connectivity index (χ2v) is 8.34. The summed E-state index contributed by atoms with van der Waals surface area (Å²) in [6, 6.07) is 9.90. The molecule has 0 spiro atoms. The fraction of sp³-hybridized carbons (Fsp3) is 0.278. The monoisotopic (exact) mass is 400 g/mol. The van der Waals surface area contributed by atoms with Crippen LogP contribution in [0.4, 0.5) is 17.3 Å². The first kappa shape index (κ1) is 17.9. The Morgan fingerprint density at radius 3 is 2.93 bits per heavy atom. The van der Waals surface area contributed by atoms with Crippen molar-refractivity contribution >= 4 is 45.7 Å². The van der Waals surface area contributed by atoms with Crippen LogP contribution in [0.15, 0.2) is 30.5 Å². The molecule has 2 N–H and O–H groups in total. The molecular weight excluding hydrogens is 384 g/mol. The predicted molar refractivity (Wildman–Crippen MR) is 107 cm³/mol. The number of anilines is 3. The van der Waals surface area contributed by atoms with E-state index in [4.69, 9.17) is 11.6 Å². The third-order valence-electron chi connectivity index (χ3n) is 4.20. The van der Waals surface area contributed by atoms with Crippen LogP contribution in [0.25, 0.3) is 5.65 Å². The van der Waals surface area contributed by atoms with Crippen LogP contribution in [0.2, 0.25) is 5.02 Å². The summed E-state index contributed by atoms with van der Waals surface area (Å²) >= 11 is 5.21. The van der Waals surface area contributed by atoms with E-state index in [1.807, 2.05) is 18.2 Å². The normalized spacial score (nSPS) is 14.7. The molecule has 1 aromatic carbocycles. The standard InChI is InChI=1S/C18H17ClN6OS/c1-27(26)10-11-6-14(4-5-15(11)19)22-16-7-17(23-13-2-3-13)25-18(24-16)12(8-20)9-21-25/h4-7,9,13,23H,2-3,10H2,1H3,(H,22,24)/t27-/m0/s1. The molecule has 1 aliphatic carbocycles. The SMILES string of the molecule is C[S@+]([O-])Cc1cc(Nc2cc(NC3CC3)n3ncc(C#N)c3n2)ccc1Cl. The first-order chi connectivity index (χ1) is 13.0. The van der Waals surface area contributed by atoms with Gasteiger partial charge < -0.3 is 15.2 Å². The number of rotatable bonds is 6. The van der Waals surface area contributed by atoms with Crippen LogP contribution in [0.5, 0.6) is 0 Å². The summed E-state index contributed by atoms with van der Waals surface area (Å²) in [5, 5.41) is 20.8. The highest BCUT2D eigenvalue weighted by Gasteiger charge is 2.23. The van der Waals surface area contributed by atoms with Crippen molar-refractivity contribution in [3.05, 3.63) is 46.6 Å². The largest absolute Gasteiger partial charge is 0.616 e. The van der Waals surface area contributed by atoms with Gasteiger partial charge in [0.2, 0.25) is 0 Å². The summed E-state index contributed by atoms with van der Waals surface area (Å²) in [5.74, 6) is 1.76. The number of fused-ring (bicyclic) bond motifs is 1. The average molecular weight is 401 g/mol. The second kappa shape index (κ2) is 7.27. The maximum atomic E-state index is 11.5. The number of nitriles is 1. The number of hydrogen-bond donors (Lipinski definition) is 2. The lowest BCUT2D eigenvalue weighted by atomic mass is 10.2. The summed E-state index contributed by atoms with van der Waals surface area (Å²) < 4.78 is 13.2. The lowest BCUT2D eigenvalue weighted by Crippen LogP contribution is -2.09. The minimum atomic E-state index is -0.988. The molecule has 0 radical (unpaired) electrons. The van der Waals surface area contributed by atoms with E-state index >= 15 is 0 Å². The van der Waals surface area contributed by atoms with Gasteiger partial charge in [0.1, 0.15) is 29.0 Å². The Hall–Kier alpha value is -2.47. The van der Waals surface area contributed by atoms with E-state index in [1.54, 1.807) is 16.8 Å². The van der Waals surface area contributed by atoms with E-state index < -0.39 is 11.2 Å². The summed E-state index contributed by atoms with van der Waals surface area (Å²) in [6.07, 6.45) is 5.40. The van der Waals surface area contributed by atoms with Crippen LogP contribution in [-0.4, -0.2) is 31.4 Å². The molecule has 9 heteroatoms. The van der Waals surface area contributed by atoms with Gasteiger partial charge in [0.25, 0.3) is 0 Å². The molecule has 0 aliphatic heterocycles. The Morgan fingerprint density at radius 2 is 2.22 bits per heavy atom. The van der Waals surface area contributed by atoms with Gasteiger partial charge in [-0.1, -0.05) is 22.8 Å². The molecule has 138 valence electrons. The van der Waals surface area contributed by atoms with Crippen LogP contribution >= 0.6 is 11.6 Å². The third-order valence-corrected chi connectivity index (χ3v) is 5.28. The summed E-state index contributed by atoms with van der Waals surface area (Å²) in [7, 11) is 0. The van der Waals surface area contributed by atoms with E-state index in [0.29, 0.717) is 33.8 Å². The van der Waals surface area contributed by atoms with Gasteiger partial charge in [0.05, 0.1) is 12.5 Å². The van der Waals surface area contributed by atoms with E-state index in [-0.39, 0.29) is 0 Å². The molecule has 0 saturated heterocycles. The number of benzene rings is 1. The quantitative estimate of drug-likeness (QED) is 0.614. The minimum Gasteiger partial charge on any atom is -0.616 e. The first-order valence-electron chi connectivity index (χ1n) is 8.44. The Labute approximate surface area is 164 Å². The zero-order valence-corrected chi connectivity index (χ0v) is 16.1. The van der Waals surface area contributed by atoms with Crippen molar-refractivity contribution in [1.29, 1.82) is 5.26 Å². The van der Waals surface area contributed by atoms with E-state index in [1.165, 1.54) is 6.20 Å². The molecule has 2 aromatic heterocycles. The molecule has 0 amide bonds. The predicted octanol–water partition coefficient (Wildman–Crippen LogP) is 3.45. The molecule has 4 rings (SSSR count). The van der Waals surface area contributed by atoms with Gasteiger partial charge in [-0.25, -0.2) is 4.98 Å². The average Bonchev–Trinajstić information content (AvgIpc) is 3.34. The van der Waals surface area contributed by atoms with Crippen LogP contribution in [0.1, 0.15) is 24.0 Å². The topological polar surface area (TPSA) is 101 Å². The van der Waals surface area contributed by atoms with Crippen molar-refractivity contribution in [2.45, 2.75) is 24.6 Å². The summed E-state index contributed by atoms with van der Waals surface area (Å²) in [4.78, 5) is 4.54. The Kier molecular flexibility index (Phi) is 4.83. The van der Waals surface area contributed by atoms with Crippen molar-refractivity contribution in [1.82, 2.24) is 14.6 Å². The van der Waals surface area contributed by atoms with Crippen molar-refractivity contribution in [3.8, 4) is 6.07 Å². The Bertz CT molecular complexity index is 1040. The lowest BCUT2D eigenvalue weighted by molar-refractivity contribution is 0.600. The van der Waals surface area contributed by atoms with Gasteiger partial charge in [-0.05, 0) is 31.0 Å². The van der Waals surface area contributed by atoms with Gasteiger partial charge in [-0.3, -0.25) is 0 Å². The fourth-order valence-electron chi connectivity index (χ4n) is 2.78. The molecule has 1 saturated carbocycles. The highest BCUT2D eigenvalue weighted by molar-refractivity contribution is 7.89. The van der Waals surface area contributed by atoms with Crippen LogP contribution < -0.4 is 10.6 Å². The molecule has 7 nitrogen and oxygen atoms in total. The second-order valence-electron chi connectivity index (χ2n) is 6.50. The zero-order valence-electron chi connectivity index (χ0n) is 14.6. The molecule has 1 atom stereocenters. The van der Waals surface area contributed by atoms with Crippen molar-refractivity contribution in [2.24, 2.45) is 0 Å². The van der Waals surface area contributed by atoms with E-state index in [2.05, 4.69) is 26.8 Å². The molecule has 3 aromatic rings. The first-order valence-corrected chi connectivity index (χ1v) is 10.5. The highest BCUT2D eigenvalue weighted by Crippen LogP contribution is 2.29. The number of nitrogens with zero attached hydrogens (tertiary/aromatic N) is 4. The van der Waals surface area contributed by atoms with E-state index in [0.717, 1.165) is 29.9 Å². The van der Waals surface area contributed by atoms with Crippen molar-refractivity contribution < 1.29 is 4.55 Å². The van der Waals surface area contributed by atoms with Gasteiger partial charge in [-0.2, -0.15) is 14.9 Å².